The van der Waals surface area contributed by atoms with Gasteiger partial charge in [-0.1, -0.05) is 30.3 Å². The maximum absolute atomic E-state index is 12.3. The van der Waals surface area contributed by atoms with E-state index in [1.807, 2.05) is 44.2 Å². The van der Waals surface area contributed by atoms with Crippen molar-refractivity contribution in [2.45, 2.75) is 38.8 Å². The molecule has 1 aromatic carbocycles. The summed E-state index contributed by atoms with van der Waals surface area (Å²) < 4.78 is 0. The molecular weight excluding hydrogens is 240 g/mol. The molecule has 1 atom stereocenters. The molecule has 1 aromatic rings. The Morgan fingerprint density at radius 2 is 1.95 bits per heavy atom. The predicted octanol–water partition coefficient (Wildman–Crippen LogP) is 1.18. The molecule has 0 aliphatic rings. The second-order valence-electron chi connectivity index (χ2n) is 5.00. The SMILES string of the molecule is CC(C)N(CCCO)C(=O)[C@@H](N)Cc1ccccc1. The van der Waals surface area contributed by atoms with Gasteiger partial charge in [0.15, 0.2) is 0 Å². The van der Waals surface area contributed by atoms with Gasteiger partial charge in [0.05, 0.1) is 6.04 Å². The van der Waals surface area contributed by atoms with Crippen LogP contribution >= 0.6 is 0 Å². The Bertz CT molecular complexity index is 379. The van der Waals surface area contributed by atoms with Crippen molar-refractivity contribution in [2.24, 2.45) is 5.73 Å². The first-order chi connectivity index (χ1) is 9.06. The topological polar surface area (TPSA) is 66.6 Å². The fraction of sp³-hybridized carbons (Fsp3) is 0.533. The van der Waals surface area contributed by atoms with E-state index in [1.165, 1.54) is 0 Å². The maximum atomic E-state index is 12.3. The zero-order chi connectivity index (χ0) is 14.3. The second kappa shape index (κ2) is 7.92. The summed E-state index contributed by atoms with van der Waals surface area (Å²) in [5.41, 5.74) is 7.07. The minimum absolute atomic E-state index is 0.0488. The van der Waals surface area contributed by atoms with Gasteiger partial charge in [-0.15, -0.1) is 0 Å². The average Bonchev–Trinajstić information content (AvgIpc) is 2.39. The van der Waals surface area contributed by atoms with Crippen LogP contribution < -0.4 is 5.73 Å². The standard InChI is InChI=1S/C15H24N2O2/c1-12(2)17(9-6-10-18)15(19)14(16)11-13-7-4-3-5-8-13/h3-5,7-8,12,14,18H,6,9-11,16H2,1-2H3/t14-/m0/s1. The molecule has 19 heavy (non-hydrogen) atoms. The van der Waals surface area contributed by atoms with Crippen molar-refractivity contribution in [1.29, 1.82) is 0 Å². The summed E-state index contributed by atoms with van der Waals surface area (Å²) in [7, 11) is 0. The molecule has 0 unspecified atom stereocenters. The van der Waals surface area contributed by atoms with Crippen molar-refractivity contribution >= 4 is 5.91 Å². The molecule has 0 aromatic heterocycles. The third-order valence-electron chi connectivity index (χ3n) is 3.08. The quantitative estimate of drug-likeness (QED) is 0.777. The molecule has 1 rings (SSSR count). The monoisotopic (exact) mass is 264 g/mol. The highest BCUT2D eigenvalue weighted by atomic mass is 16.3. The first-order valence-electron chi connectivity index (χ1n) is 6.77. The van der Waals surface area contributed by atoms with E-state index in [9.17, 15) is 4.79 Å². The normalized spacial score (nSPS) is 12.5. The molecule has 0 aliphatic carbocycles. The highest BCUT2D eigenvalue weighted by molar-refractivity contribution is 5.82. The fourth-order valence-corrected chi connectivity index (χ4v) is 2.03. The van der Waals surface area contributed by atoms with Crippen molar-refractivity contribution in [2.75, 3.05) is 13.2 Å². The summed E-state index contributed by atoms with van der Waals surface area (Å²) in [6.07, 6.45) is 1.13. The van der Waals surface area contributed by atoms with Crippen LogP contribution in [0.15, 0.2) is 30.3 Å². The van der Waals surface area contributed by atoms with Crippen molar-refractivity contribution in [1.82, 2.24) is 4.90 Å². The van der Waals surface area contributed by atoms with Gasteiger partial charge in [0, 0.05) is 19.2 Å². The Hall–Kier alpha value is -1.39. The zero-order valence-electron chi connectivity index (χ0n) is 11.7. The van der Waals surface area contributed by atoms with E-state index in [0.29, 0.717) is 19.4 Å². The number of aliphatic hydroxyl groups excluding tert-OH is 1. The van der Waals surface area contributed by atoms with Gasteiger partial charge in [-0.25, -0.2) is 0 Å². The molecule has 0 saturated heterocycles. The van der Waals surface area contributed by atoms with Gasteiger partial charge in [0.1, 0.15) is 0 Å². The van der Waals surface area contributed by atoms with E-state index in [-0.39, 0.29) is 18.6 Å². The van der Waals surface area contributed by atoms with Crippen LogP contribution in [0.1, 0.15) is 25.8 Å². The third-order valence-corrected chi connectivity index (χ3v) is 3.08. The number of aliphatic hydroxyl groups is 1. The van der Waals surface area contributed by atoms with Gasteiger partial charge in [0.25, 0.3) is 0 Å². The second-order valence-corrected chi connectivity index (χ2v) is 5.00. The van der Waals surface area contributed by atoms with Crippen molar-refractivity contribution < 1.29 is 9.90 Å². The lowest BCUT2D eigenvalue weighted by molar-refractivity contribution is -0.134. The number of carbonyl (C=O) groups is 1. The molecule has 1 amide bonds. The zero-order valence-corrected chi connectivity index (χ0v) is 11.7. The molecule has 3 N–H and O–H groups in total. The Morgan fingerprint density at radius 1 is 1.32 bits per heavy atom. The smallest absolute Gasteiger partial charge is 0.240 e. The molecule has 4 heteroatoms. The summed E-state index contributed by atoms with van der Waals surface area (Å²) in [5, 5.41) is 8.88. The van der Waals surface area contributed by atoms with Crippen LogP contribution in [0.5, 0.6) is 0 Å². The van der Waals surface area contributed by atoms with Crippen LogP contribution in [0.25, 0.3) is 0 Å². The number of amides is 1. The minimum Gasteiger partial charge on any atom is -0.396 e. The van der Waals surface area contributed by atoms with Crippen LogP contribution in [-0.2, 0) is 11.2 Å². The van der Waals surface area contributed by atoms with Gasteiger partial charge in [-0.05, 0) is 32.3 Å². The third kappa shape index (κ3) is 5.01. The predicted molar refractivity (Wildman–Crippen MR) is 76.7 cm³/mol. The lowest BCUT2D eigenvalue weighted by Gasteiger charge is -2.29. The summed E-state index contributed by atoms with van der Waals surface area (Å²) in [5.74, 6) is -0.0488. The largest absolute Gasteiger partial charge is 0.396 e. The Kier molecular flexibility index (Phi) is 6.53. The van der Waals surface area contributed by atoms with Gasteiger partial charge < -0.3 is 15.7 Å². The molecule has 106 valence electrons. The van der Waals surface area contributed by atoms with Gasteiger partial charge in [0.2, 0.25) is 5.91 Å². The van der Waals surface area contributed by atoms with Crippen LogP contribution in [0.4, 0.5) is 0 Å². The van der Waals surface area contributed by atoms with E-state index < -0.39 is 6.04 Å². The average molecular weight is 264 g/mol. The number of hydrogen-bond acceptors (Lipinski definition) is 3. The lowest BCUT2D eigenvalue weighted by atomic mass is 10.0. The highest BCUT2D eigenvalue weighted by Crippen LogP contribution is 2.07. The minimum atomic E-state index is -0.525. The van der Waals surface area contributed by atoms with E-state index in [0.717, 1.165) is 5.56 Å². The van der Waals surface area contributed by atoms with Crippen molar-refractivity contribution in [3.05, 3.63) is 35.9 Å². The van der Waals surface area contributed by atoms with Crippen LogP contribution in [0.3, 0.4) is 0 Å². The Balaban J connectivity index is 2.63. The lowest BCUT2D eigenvalue weighted by Crippen LogP contribution is -2.48. The molecule has 0 heterocycles. The van der Waals surface area contributed by atoms with Crippen LogP contribution in [0, 0.1) is 0 Å². The van der Waals surface area contributed by atoms with Crippen LogP contribution in [0.2, 0.25) is 0 Å². The van der Waals surface area contributed by atoms with Crippen molar-refractivity contribution in [3.8, 4) is 0 Å². The van der Waals surface area contributed by atoms with E-state index >= 15 is 0 Å². The van der Waals surface area contributed by atoms with Gasteiger partial charge in [-0.3, -0.25) is 4.79 Å². The fourth-order valence-electron chi connectivity index (χ4n) is 2.03. The van der Waals surface area contributed by atoms with Crippen LogP contribution in [-0.4, -0.2) is 41.1 Å². The van der Waals surface area contributed by atoms with E-state index in [4.69, 9.17) is 10.8 Å². The molecule has 4 nitrogen and oxygen atoms in total. The van der Waals surface area contributed by atoms with E-state index in [1.54, 1.807) is 4.90 Å². The molecule has 0 bridgehead atoms. The summed E-state index contributed by atoms with van der Waals surface area (Å²) in [6.45, 7) is 4.56. The molecule has 0 saturated carbocycles. The molecule has 0 aliphatic heterocycles. The Morgan fingerprint density at radius 3 is 2.47 bits per heavy atom. The van der Waals surface area contributed by atoms with Gasteiger partial charge in [-0.2, -0.15) is 0 Å². The number of rotatable bonds is 7. The molecule has 0 spiro atoms. The van der Waals surface area contributed by atoms with Crippen molar-refractivity contribution in [3.63, 3.8) is 0 Å². The van der Waals surface area contributed by atoms with E-state index in [2.05, 4.69) is 0 Å². The molecule has 0 fully saturated rings. The Labute approximate surface area is 115 Å². The number of nitrogens with two attached hydrogens (primary N) is 1. The maximum Gasteiger partial charge on any atom is 0.240 e. The summed E-state index contributed by atoms with van der Waals surface area (Å²) in [6, 6.07) is 9.35. The summed E-state index contributed by atoms with van der Waals surface area (Å²) >= 11 is 0. The number of hydrogen-bond donors (Lipinski definition) is 2. The first kappa shape index (κ1) is 15.7. The molecular formula is C15H24N2O2. The van der Waals surface area contributed by atoms with Gasteiger partial charge >= 0.3 is 0 Å². The first-order valence-corrected chi connectivity index (χ1v) is 6.77. The number of nitrogens with zero attached hydrogens (tertiary/aromatic N) is 1. The highest BCUT2D eigenvalue weighted by Gasteiger charge is 2.22. The summed E-state index contributed by atoms with van der Waals surface area (Å²) in [4.78, 5) is 14.1. The molecule has 0 radical (unpaired) electrons. The number of carbonyl (C=O) groups excluding carboxylic acids is 1. The number of benzene rings is 1.